The summed E-state index contributed by atoms with van der Waals surface area (Å²) in [5.74, 6) is -5.87. The first-order valence-electron chi connectivity index (χ1n) is 3.45. The SMILES string of the molecule is C=C(O)c1c(O)c(O)c(O)c(O)c1O. The zero-order chi connectivity index (χ0) is 11.0. The van der Waals surface area contributed by atoms with Gasteiger partial charge in [0.05, 0.1) is 0 Å². The summed E-state index contributed by atoms with van der Waals surface area (Å²) in [4.78, 5) is 0. The number of aromatic hydroxyl groups is 5. The molecule has 6 N–H and O–H groups in total. The second-order valence-electron chi connectivity index (χ2n) is 2.56. The van der Waals surface area contributed by atoms with Crippen molar-refractivity contribution in [2.24, 2.45) is 0 Å². The van der Waals surface area contributed by atoms with Gasteiger partial charge in [-0.05, 0) is 0 Å². The predicted molar refractivity (Wildman–Crippen MR) is 46.4 cm³/mol. The van der Waals surface area contributed by atoms with Gasteiger partial charge in [0.1, 0.15) is 11.3 Å². The highest BCUT2D eigenvalue weighted by Crippen LogP contribution is 2.52. The summed E-state index contributed by atoms with van der Waals surface area (Å²) in [6, 6.07) is 0. The molecule has 0 spiro atoms. The Morgan fingerprint density at radius 1 is 0.714 bits per heavy atom. The van der Waals surface area contributed by atoms with E-state index in [0.29, 0.717) is 0 Å². The van der Waals surface area contributed by atoms with Gasteiger partial charge in [-0.1, -0.05) is 6.58 Å². The molecule has 1 aromatic carbocycles. The van der Waals surface area contributed by atoms with E-state index in [1.165, 1.54) is 0 Å². The number of phenols is 5. The van der Waals surface area contributed by atoms with Gasteiger partial charge in [-0.2, -0.15) is 0 Å². The molecule has 76 valence electrons. The van der Waals surface area contributed by atoms with Gasteiger partial charge in [0, 0.05) is 0 Å². The Morgan fingerprint density at radius 2 is 1.00 bits per heavy atom. The van der Waals surface area contributed by atoms with Crippen LogP contribution < -0.4 is 0 Å². The largest absolute Gasteiger partial charge is 0.508 e. The quantitative estimate of drug-likeness (QED) is 0.226. The molecule has 6 nitrogen and oxygen atoms in total. The van der Waals surface area contributed by atoms with Crippen LogP contribution in [-0.2, 0) is 0 Å². The zero-order valence-corrected chi connectivity index (χ0v) is 6.89. The Balaban J connectivity index is 3.68. The molecule has 1 rings (SSSR count). The molecule has 0 saturated carbocycles. The van der Waals surface area contributed by atoms with Crippen molar-refractivity contribution in [1.29, 1.82) is 0 Å². The van der Waals surface area contributed by atoms with Crippen molar-refractivity contribution in [1.82, 2.24) is 0 Å². The molecule has 0 unspecified atom stereocenters. The molecule has 0 bridgehead atoms. The van der Waals surface area contributed by atoms with Gasteiger partial charge < -0.3 is 30.6 Å². The van der Waals surface area contributed by atoms with Gasteiger partial charge in [0.15, 0.2) is 11.5 Å². The normalized spacial score (nSPS) is 10.0. The second kappa shape index (κ2) is 2.91. The van der Waals surface area contributed by atoms with Gasteiger partial charge in [-0.3, -0.25) is 0 Å². The van der Waals surface area contributed by atoms with Crippen LogP contribution in [0.4, 0.5) is 0 Å². The maximum Gasteiger partial charge on any atom is 0.208 e. The van der Waals surface area contributed by atoms with Crippen LogP contribution in [0.15, 0.2) is 6.58 Å². The highest BCUT2D eigenvalue weighted by atomic mass is 16.4. The molecule has 0 heterocycles. The molecule has 0 fully saturated rings. The number of aliphatic hydroxyl groups is 1. The average Bonchev–Trinajstić information content (AvgIpc) is 2.11. The molecule has 0 saturated heterocycles. The van der Waals surface area contributed by atoms with E-state index >= 15 is 0 Å². The lowest BCUT2D eigenvalue weighted by atomic mass is 10.1. The molecule has 0 radical (unpaired) electrons. The second-order valence-corrected chi connectivity index (χ2v) is 2.56. The lowest BCUT2D eigenvalue weighted by Crippen LogP contribution is -1.86. The molecule has 1 aromatic rings. The third-order valence-corrected chi connectivity index (χ3v) is 1.66. The third kappa shape index (κ3) is 1.13. The van der Waals surface area contributed by atoms with Gasteiger partial charge in [0.2, 0.25) is 17.2 Å². The standard InChI is InChI=1S/C8H8O6/c1-2(9)3-4(10)6(12)8(14)7(13)5(3)11/h9-14H,1H2. The molecule has 0 atom stereocenters. The summed E-state index contributed by atoms with van der Waals surface area (Å²) in [7, 11) is 0. The zero-order valence-electron chi connectivity index (χ0n) is 6.89. The molecule has 0 amide bonds. The van der Waals surface area contributed by atoms with E-state index in [0.717, 1.165) is 0 Å². The van der Waals surface area contributed by atoms with E-state index in [1.807, 2.05) is 0 Å². The maximum atomic E-state index is 9.15. The van der Waals surface area contributed by atoms with Gasteiger partial charge in [-0.25, -0.2) is 0 Å². The number of benzene rings is 1. The van der Waals surface area contributed by atoms with Crippen LogP contribution in [0, 0.1) is 0 Å². The molecular weight excluding hydrogens is 192 g/mol. The molecule has 0 aromatic heterocycles. The van der Waals surface area contributed by atoms with Crippen LogP contribution in [0.3, 0.4) is 0 Å². The molecule has 0 aliphatic carbocycles. The molecular formula is C8H8O6. The van der Waals surface area contributed by atoms with Crippen LogP contribution in [0.5, 0.6) is 28.7 Å². The Hall–Kier alpha value is -2.24. The molecule has 14 heavy (non-hydrogen) atoms. The molecule has 0 aliphatic heterocycles. The van der Waals surface area contributed by atoms with Crippen LogP contribution in [0.25, 0.3) is 5.76 Å². The molecule has 0 aliphatic rings. The van der Waals surface area contributed by atoms with E-state index in [1.54, 1.807) is 0 Å². The van der Waals surface area contributed by atoms with Crippen molar-refractivity contribution in [3.05, 3.63) is 12.1 Å². The topological polar surface area (TPSA) is 121 Å². The van der Waals surface area contributed by atoms with Crippen molar-refractivity contribution in [3.63, 3.8) is 0 Å². The summed E-state index contributed by atoms with van der Waals surface area (Å²) in [5.41, 5.74) is -0.641. The van der Waals surface area contributed by atoms with E-state index in [2.05, 4.69) is 6.58 Å². The maximum absolute atomic E-state index is 9.15. The minimum absolute atomic E-state index is 0.641. The van der Waals surface area contributed by atoms with Crippen LogP contribution >= 0.6 is 0 Å². The lowest BCUT2D eigenvalue weighted by molar-refractivity contribution is 0.325. The Kier molecular flexibility index (Phi) is 2.05. The summed E-state index contributed by atoms with van der Waals surface area (Å²) < 4.78 is 0. The monoisotopic (exact) mass is 200 g/mol. The minimum atomic E-state index is -1.08. The van der Waals surface area contributed by atoms with Crippen LogP contribution in [0.2, 0.25) is 0 Å². The van der Waals surface area contributed by atoms with Crippen molar-refractivity contribution in [2.45, 2.75) is 0 Å². The highest BCUT2D eigenvalue weighted by molar-refractivity contribution is 5.78. The highest BCUT2D eigenvalue weighted by Gasteiger charge is 2.24. The summed E-state index contributed by atoms with van der Waals surface area (Å²) in [5, 5.41) is 54.2. The summed E-state index contributed by atoms with van der Waals surface area (Å²) >= 11 is 0. The number of rotatable bonds is 1. The summed E-state index contributed by atoms with van der Waals surface area (Å²) in [6.45, 7) is 2.99. The van der Waals surface area contributed by atoms with Crippen molar-refractivity contribution < 1.29 is 30.6 Å². The Morgan fingerprint density at radius 3 is 1.29 bits per heavy atom. The Bertz CT molecular complexity index is 380. The smallest absolute Gasteiger partial charge is 0.208 e. The first-order chi connectivity index (χ1) is 6.37. The fourth-order valence-electron chi connectivity index (χ4n) is 0.959. The number of hydrogen-bond acceptors (Lipinski definition) is 6. The fraction of sp³-hybridized carbons (Fsp3) is 0. The lowest BCUT2D eigenvalue weighted by Gasteiger charge is -2.10. The van der Waals surface area contributed by atoms with Crippen molar-refractivity contribution >= 4 is 5.76 Å². The third-order valence-electron chi connectivity index (χ3n) is 1.66. The van der Waals surface area contributed by atoms with E-state index in [-0.39, 0.29) is 0 Å². The van der Waals surface area contributed by atoms with Crippen LogP contribution in [0.1, 0.15) is 5.56 Å². The van der Waals surface area contributed by atoms with Gasteiger partial charge >= 0.3 is 0 Å². The van der Waals surface area contributed by atoms with Crippen molar-refractivity contribution in [3.8, 4) is 28.7 Å². The summed E-state index contributed by atoms with van der Waals surface area (Å²) in [6.07, 6.45) is 0. The number of phenolic OH excluding ortho intramolecular Hbond substituents is 5. The van der Waals surface area contributed by atoms with E-state index in [4.69, 9.17) is 30.6 Å². The fourth-order valence-corrected chi connectivity index (χ4v) is 0.959. The average molecular weight is 200 g/mol. The van der Waals surface area contributed by atoms with Crippen molar-refractivity contribution in [2.75, 3.05) is 0 Å². The van der Waals surface area contributed by atoms with E-state index < -0.39 is 40.1 Å². The first kappa shape index (κ1) is 9.85. The van der Waals surface area contributed by atoms with Crippen LogP contribution in [-0.4, -0.2) is 30.6 Å². The Labute approximate surface area is 78.2 Å². The number of hydrogen-bond donors (Lipinski definition) is 6. The first-order valence-corrected chi connectivity index (χ1v) is 3.45. The van der Waals surface area contributed by atoms with Gasteiger partial charge in [-0.15, -0.1) is 0 Å². The van der Waals surface area contributed by atoms with E-state index in [9.17, 15) is 0 Å². The number of aliphatic hydroxyl groups excluding tert-OH is 1. The van der Waals surface area contributed by atoms with Gasteiger partial charge in [0.25, 0.3) is 0 Å². The predicted octanol–water partition coefficient (Wildman–Crippen LogP) is 0.743. The minimum Gasteiger partial charge on any atom is -0.508 e. The molecule has 6 heteroatoms.